The molecule has 1 aromatic carbocycles. The summed E-state index contributed by atoms with van der Waals surface area (Å²) in [4.78, 5) is 1.87. The first-order chi connectivity index (χ1) is 8.86. The van der Waals surface area contributed by atoms with Gasteiger partial charge in [-0.1, -0.05) is 0 Å². The summed E-state index contributed by atoms with van der Waals surface area (Å²) in [6.07, 6.45) is -0.596. The molecule has 0 heterocycles. The van der Waals surface area contributed by atoms with Crippen molar-refractivity contribution < 1.29 is 14.2 Å². The highest BCUT2D eigenvalue weighted by Crippen LogP contribution is 2.27. The standard InChI is InChI=1S/C14H23FN2O2/c1-9-5-14(12(10(2)16)6-13(9)15)17(3)7-11(18)8-19-4/h5-6,10-11,18H,7-8,16H2,1-4H3/t10-,11?/m0/s1. The number of hydrogen-bond acceptors (Lipinski definition) is 4. The highest BCUT2D eigenvalue weighted by atomic mass is 19.1. The number of nitrogens with two attached hydrogens (primary N) is 1. The maximum atomic E-state index is 13.6. The molecule has 0 fully saturated rings. The summed E-state index contributed by atoms with van der Waals surface area (Å²) in [5.41, 5.74) is 8.01. The number of aliphatic hydroxyl groups excluding tert-OH is 1. The molecule has 0 aliphatic carbocycles. The minimum atomic E-state index is -0.596. The molecule has 0 spiro atoms. The zero-order chi connectivity index (χ0) is 14.6. The molecule has 0 aliphatic heterocycles. The van der Waals surface area contributed by atoms with Crippen LogP contribution >= 0.6 is 0 Å². The minimum absolute atomic E-state index is 0.262. The Kier molecular flexibility index (Phi) is 5.72. The number of ether oxygens (including phenoxy) is 1. The van der Waals surface area contributed by atoms with E-state index in [1.54, 1.807) is 20.1 Å². The summed E-state index contributed by atoms with van der Waals surface area (Å²) in [5, 5.41) is 9.76. The van der Waals surface area contributed by atoms with E-state index in [2.05, 4.69) is 0 Å². The third-order valence-corrected chi connectivity index (χ3v) is 3.05. The van der Waals surface area contributed by atoms with Crippen LogP contribution in [-0.2, 0) is 4.74 Å². The van der Waals surface area contributed by atoms with Crippen LogP contribution in [0.5, 0.6) is 0 Å². The fraction of sp³-hybridized carbons (Fsp3) is 0.571. The van der Waals surface area contributed by atoms with Gasteiger partial charge in [-0.3, -0.25) is 0 Å². The number of likely N-dealkylation sites (N-methyl/N-ethyl adjacent to an activating group) is 1. The van der Waals surface area contributed by atoms with Gasteiger partial charge < -0.3 is 20.5 Å². The Hall–Kier alpha value is -1.17. The zero-order valence-corrected chi connectivity index (χ0v) is 12.0. The monoisotopic (exact) mass is 270 g/mol. The van der Waals surface area contributed by atoms with Gasteiger partial charge in [0.2, 0.25) is 0 Å². The van der Waals surface area contributed by atoms with E-state index in [1.165, 1.54) is 6.07 Å². The molecule has 19 heavy (non-hydrogen) atoms. The Morgan fingerprint density at radius 1 is 1.47 bits per heavy atom. The zero-order valence-electron chi connectivity index (χ0n) is 12.0. The number of aliphatic hydroxyl groups is 1. The molecule has 1 rings (SSSR count). The van der Waals surface area contributed by atoms with E-state index < -0.39 is 6.10 Å². The van der Waals surface area contributed by atoms with E-state index in [1.807, 2.05) is 18.9 Å². The van der Waals surface area contributed by atoms with E-state index in [4.69, 9.17) is 10.5 Å². The Morgan fingerprint density at radius 3 is 2.63 bits per heavy atom. The quantitative estimate of drug-likeness (QED) is 0.824. The van der Waals surface area contributed by atoms with Crippen LogP contribution in [0, 0.1) is 12.7 Å². The predicted molar refractivity (Wildman–Crippen MR) is 74.9 cm³/mol. The first-order valence-electron chi connectivity index (χ1n) is 6.30. The molecule has 0 saturated carbocycles. The van der Waals surface area contributed by atoms with Gasteiger partial charge in [-0.25, -0.2) is 4.39 Å². The molecule has 0 radical (unpaired) electrons. The average Bonchev–Trinajstić information content (AvgIpc) is 2.31. The summed E-state index contributed by atoms with van der Waals surface area (Å²) >= 11 is 0. The predicted octanol–water partition coefficient (Wildman–Crippen LogP) is 1.60. The molecular formula is C14H23FN2O2. The molecule has 5 heteroatoms. The van der Waals surface area contributed by atoms with Crippen LogP contribution in [0.25, 0.3) is 0 Å². The van der Waals surface area contributed by atoms with E-state index in [0.717, 1.165) is 11.3 Å². The number of benzene rings is 1. The molecular weight excluding hydrogens is 247 g/mol. The highest BCUT2D eigenvalue weighted by molar-refractivity contribution is 5.56. The molecule has 4 nitrogen and oxygen atoms in total. The van der Waals surface area contributed by atoms with Crippen molar-refractivity contribution in [3.63, 3.8) is 0 Å². The van der Waals surface area contributed by atoms with E-state index in [0.29, 0.717) is 12.1 Å². The van der Waals surface area contributed by atoms with E-state index in [9.17, 15) is 9.50 Å². The molecule has 108 valence electrons. The Balaban J connectivity index is 3.00. The van der Waals surface area contributed by atoms with Crippen molar-refractivity contribution in [1.29, 1.82) is 0 Å². The van der Waals surface area contributed by atoms with Gasteiger partial charge in [-0.05, 0) is 37.1 Å². The van der Waals surface area contributed by atoms with Gasteiger partial charge in [-0.2, -0.15) is 0 Å². The third-order valence-electron chi connectivity index (χ3n) is 3.05. The summed E-state index contributed by atoms with van der Waals surface area (Å²) < 4.78 is 18.5. The molecule has 3 N–H and O–H groups in total. The molecule has 2 atom stereocenters. The SMILES string of the molecule is COCC(O)CN(C)c1cc(C)c(F)cc1[C@H](C)N. The van der Waals surface area contributed by atoms with Gasteiger partial charge in [0, 0.05) is 32.4 Å². The summed E-state index contributed by atoms with van der Waals surface area (Å²) in [6.45, 7) is 4.19. The lowest BCUT2D eigenvalue weighted by molar-refractivity contribution is 0.0695. The van der Waals surface area contributed by atoms with Crippen LogP contribution in [0.15, 0.2) is 12.1 Å². The second-order valence-corrected chi connectivity index (χ2v) is 4.94. The average molecular weight is 270 g/mol. The van der Waals surface area contributed by atoms with Crippen LogP contribution in [0.4, 0.5) is 10.1 Å². The lowest BCUT2D eigenvalue weighted by Crippen LogP contribution is -2.33. The molecule has 1 aromatic rings. The lowest BCUT2D eigenvalue weighted by Gasteiger charge is -2.26. The maximum Gasteiger partial charge on any atom is 0.126 e. The summed E-state index contributed by atoms with van der Waals surface area (Å²) in [7, 11) is 3.39. The van der Waals surface area contributed by atoms with E-state index >= 15 is 0 Å². The smallest absolute Gasteiger partial charge is 0.126 e. The second-order valence-electron chi connectivity index (χ2n) is 4.94. The molecule has 1 unspecified atom stereocenters. The van der Waals surface area contributed by atoms with Crippen LogP contribution in [-0.4, -0.2) is 38.5 Å². The topological polar surface area (TPSA) is 58.7 Å². The first kappa shape index (κ1) is 15.9. The van der Waals surface area contributed by atoms with Crippen molar-refractivity contribution in [1.82, 2.24) is 0 Å². The molecule has 0 aliphatic rings. The van der Waals surface area contributed by atoms with Crippen molar-refractivity contribution >= 4 is 5.69 Å². The normalized spacial score (nSPS) is 14.3. The molecule has 0 amide bonds. The first-order valence-corrected chi connectivity index (χ1v) is 6.30. The number of aryl methyl sites for hydroxylation is 1. The van der Waals surface area contributed by atoms with Crippen molar-refractivity contribution in [2.24, 2.45) is 5.73 Å². The number of rotatable bonds is 6. The van der Waals surface area contributed by atoms with Crippen LogP contribution in [0.3, 0.4) is 0 Å². The van der Waals surface area contributed by atoms with Crippen molar-refractivity contribution in [3.05, 3.63) is 29.1 Å². The summed E-state index contributed by atoms with van der Waals surface area (Å²) in [5.74, 6) is -0.262. The van der Waals surface area contributed by atoms with Gasteiger partial charge in [0.15, 0.2) is 0 Å². The van der Waals surface area contributed by atoms with Crippen LogP contribution in [0.2, 0.25) is 0 Å². The molecule has 0 saturated heterocycles. The number of anilines is 1. The second kappa shape index (κ2) is 6.84. The number of methoxy groups -OCH3 is 1. The van der Waals surface area contributed by atoms with Gasteiger partial charge in [0.05, 0.1) is 12.7 Å². The van der Waals surface area contributed by atoms with Gasteiger partial charge in [-0.15, -0.1) is 0 Å². The number of hydrogen-bond donors (Lipinski definition) is 2. The highest BCUT2D eigenvalue weighted by Gasteiger charge is 2.16. The van der Waals surface area contributed by atoms with Gasteiger partial charge in [0.1, 0.15) is 5.82 Å². The fourth-order valence-corrected chi connectivity index (χ4v) is 2.04. The van der Waals surface area contributed by atoms with Crippen molar-refractivity contribution in [2.45, 2.75) is 26.0 Å². The molecule has 0 bridgehead atoms. The Labute approximate surface area is 114 Å². The van der Waals surface area contributed by atoms with E-state index in [-0.39, 0.29) is 18.5 Å². The van der Waals surface area contributed by atoms with Crippen molar-refractivity contribution in [2.75, 3.05) is 32.2 Å². The third kappa shape index (κ3) is 4.16. The summed E-state index contributed by atoms with van der Waals surface area (Å²) in [6, 6.07) is 2.95. The van der Waals surface area contributed by atoms with Gasteiger partial charge in [0.25, 0.3) is 0 Å². The fourth-order valence-electron chi connectivity index (χ4n) is 2.04. The van der Waals surface area contributed by atoms with Gasteiger partial charge >= 0.3 is 0 Å². The minimum Gasteiger partial charge on any atom is -0.389 e. The van der Waals surface area contributed by atoms with Crippen LogP contribution in [0.1, 0.15) is 24.1 Å². The Bertz CT molecular complexity index is 424. The largest absolute Gasteiger partial charge is 0.389 e. The number of nitrogens with zero attached hydrogens (tertiary/aromatic N) is 1. The Morgan fingerprint density at radius 2 is 2.11 bits per heavy atom. The maximum absolute atomic E-state index is 13.6. The van der Waals surface area contributed by atoms with Crippen LogP contribution < -0.4 is 10.6 Å². The molecule has 0 aromatic heterocycles. The van der Waals surface area contributed by atoms with Crippen molar-refractivity contribution in [3.8, 4) is 0 Å². The number of halogens is 1. The lowest BCUT2D eigenvalue weighted by atomic mass is 10.0.